The fourth-order valence-corrected chi connectivity index (χ4v) is 3.15. The first kappa shape index (κ1) is 18.7. The van der Waals surface area contributed by atoms with Crippen LogP contribution in [0.4, 0.5) is 18.9 Å². The van der Waals surface area contributed by atoms with Gasteiger partial charge < -0.3 is 9.80 Å². The topological polar surface area (TPSA) is 34.4 Å². The highest BCUT2D eigenvalue weighted by Gasteiger charge is 2.36. The van der Waals surface area contributed by atoms with Gasteiger partial charge in [-0.2, -0.15) is 18.3 Å². The minimum Gasteiger partial charge on any atom is -0.338 e. The minimum absolute atomic E-state index is 0.325. The summed E-state index contributed by atoms with van der Waals surface area (Å²) in [6.07, 6.45) is -4.46. The van der Waals surface area contributed by atoms with Crippen molar-refractivity contribution < 1.29 is 13.2 Å². The lowest BCUT2D eigenvalue weighted by Crippen LogP contribution is -2.52. The highest BCUT2D eigenvalue weighted by Crippen LogP contribution is 2.37. The van der Waals surface area contributed by atoms with Crippen LogP contribution in [-0.2, 0) is 0 Å². The number of nitrogens with zero attached hydrogens (tertiary/aromatic N) is 5. The van der Waals surface area contributed by atoms with Crippen LogP contribution in [-0.4, -0.2) is 65.9 Å². The van der Waals surface area contributed by atoms with Crippen molar-refractivity contribution in [2.24, 2.45) is 10.1 Å². The van der Waals surface area contributed by atoms with Crippen molar-refractivity contribution in [1.82, 2.24) is 14.8 Å². The Morgan fingerprint density at radius 2 is 1.85 bits per heavy atom. The molecule has 5 nitrogen and oxygen atoms in total. The quantitative estimate of drug-likeness (QED) is 0.712. The maximum absolute atomic E-state index is 13.1. The molecule has 0 spiro atoms. The van der Waals surface area contributed by atoms with Crippen LogP contribution in [0.25, 0.3) is 0 Å². The summed E-state index contributed by atoms with van der Waals surface area (Å²) in [5.74, 6) is 0.491. The average Bonchev–Trinajstić information content (AvgIpc) is 2.57. The molecule has 1 fully saturated rings. The van der Waals surface area contributed by atoms with Gasteiger partial charge in [-0.1, -0.05) is 17.7 Å². The van der Waals surface area contributed by atoms with E-state index in [2.05, 4.69) is 15.0 Å². The molecule has 3 rings (SSSR count). The predicted octanol–water partition coefficient (Wildman–Crippen LogP) is 3.54. The van der Waals surface area contributed by atoms with E-state index in [1.165, 1.54) is 5.01 Å². The molecule has 0 N–H and O–H groups in total. The van der Waals surface area contributed by atoms with Crippen LogP contribution < -0.4 is 0 Å². The maximum atomic E-state index is 13.1. The molecule has 0 aromatic heterocycles. The van der Waals surface area contributed by atoms with Crippen LogP contribution in [0.5, 0.6) is 0 Å². The van der Waals surface area contributed by atoms with Crippen LogP contribution in [0, 0.1) is 6.92 Å². The standard InChI is InChI=1S/C18H24F3N5/c1-12-5-6-16-15(11-12)13(2)26(23-14(3)18(19,20)21)17(22-16)25-9-7-24(4)8-10-25/h5-6,11,13H,7-10H2,1-4H3/b23-14+. The summed E-state index contributed by atoms with van der Waals surface area (Å²) < 4.78 is 39.3. The Kier molecular flexibility index (Phi) is 4.96. The van der Waals surface area contributed by atoms with Gasteiger partial charge in [0.25, 0.3) is 0 Å². The Hall–Kier alpha value is -2.09. The Morgan fingerprint density at radius 1 is 1.19 bits per heavy atom. The van der Waals surface area contributed by atoms with E-state index in [9.17, 15) is 13.2 Å². The van der Waals surface area contributed by atoms with Crippen molar-refractivity contribution in [3.63, 3.8) is 0 Å². The fourth-order valence-electron chi connectivity index (χ4n) is 3.15. The molecule has 0 amide bonds. The second-order valence-corrected chi connectivity index (χ2v) is 6.97. The Balaban J connectivity index is 2.04. The summed E-state index contributed by atoms with van der Waals surface area (Å²) in [6.45, 7) is 7.92. The number of rotatable bonds is 1. The third kappa shape index (κ3) is 3.70. The smallest absolute Gasteiger partial charge is 0.338 e. The molecule has 1 saturated heterocycles. The van der Waals surface area contributed by atoms with Gasteiger partial charge in [0.1, 0.15) is 5.71 Å². The highest BCUT2D eigenvalue weighted by atomic mass is 19.4. The van der Waals surface area contributed by atoms with E-state index in [1.54, 1.807) is 0 Å². The van der Waals surface area contributed by atoms with E-state index in [1.807, 2.05) is 44.0 Å². The zero-order chi connectivity index (χ0) is 19.1. The van der Waals surface area contributed by atoms with Gasteiger partial charge >= 0.3 is 6.18 Å². The number of guanidine groups is 1. The predicted molar refractivity (Wildman–Crippen MR) is 96.8 cm³/mol. The van der Waals surface area contributed by atoms with Gasteiger partial charge in [-0.25, -0.2) is 10.0 Å². The number of hydrogen-bond donors (Lipinski definition) is 0. The highest BCUT2D eigenvalue weighted by molar-refractivity contribution is 5.91. The van der Waals surface area contributed by atoms with Crippen molar-refractivity contribution in [2.75, 3.05) is 33.2 Å². The molecule has 0 aliphatic carbocycles. The van der Waals surface area contributed by atoms with Crippen LogP contribution in [0.2, 0.25) is 0 Å². The molecule has 2 aliphatic heterocycles. The molecule has 1 aromatic carbocycles. The van der Waals surface area contributed by atoms with Crippen LogP contribution >= 0.6 is 0 Å². The Bertz CT molecular complexity index is 733. The fraction of sp³-hybridized carbons (Fsp3) is 0.556. The lowest BCUT2D eigenvalue weighted by molar-refractivity contribution is -0.0605. The van der Waals surface area contributed by atoms with Gasteiger partial charge in [0.2, 0.25) is 5.96 Å². The summed E-state index contributed by atoms with van der Waals surface area (Å²) in [4.78, 5) is 8.89. The van der Waals surface area contributed by atoms with E-state index in [4.69, 9.17) is 0 Å². The lowest BCUT2D eigenvalue weighted by Gasteiger charge is -2.41. The van der Waals surface area contributed by atoms with Crippen LogP contribution in [0.1, 0.15) is 31.0 Å². The number of hydrazone groups is 1. The molecule has 142 valence electrons. The summed E-state index contributed by atoms with van der Waals surface area (Å²) in [7, 11) is 2.03. The van der Waals surface area contributed by atoms with Gasteiger partial charge in [0.15, 0.2) is 0 Å². The molecule has 0 radical (unpaired) electrons. The number of fused-ring (bicyclic) bond motifs is 1. The number of benzene rings is 1. The zero-order valence-corrected chi connectivity index (χ0v) is 15.5. The van der Waals surface area contributed by atoms with Gasteiger partial charge in [-0.15, -0.1) is 0 Å². The van der Waals surface area contributed by atoms with Gasteiger partial charge in [-0.3, -0.25) is 0 Å². The molecule has 0 bridgehead atoms. The van der Waals surface area contributed by atoms with Crippen molar-refractivity contribution in [1.29, 1.82) is 0 Å². The molecule has 1 atom stereocenters. The second-order valence-electron chi connectivity index (χ2n) is 6.97. The lowest BCUT2D eigenvalue weighted by atomic mass is 10.0. The van der Waals surface area contributed by atoms with Gasteiger partial charge in [0, 0.05) is 31.7 Å². The largest absolute Gasteiger partial charge is 0.430 e. The Morgan fingerprint density at radius 3 is 2.46 bits per heavy atom. The number of likely N-dealkylation sites (N-methyl/N-ethyl adjacent to an activating group) is 1. The van der Waals surface area contributed by atoms with E-state index in [0.717, 1.165) is 36.8 Å². The summed E-state index contributed by atoms with van der Waals surface area (Å²) in [5, 5.41) is 5.36. The third-order valence-electron chi connectivity index (χ3n) is 4.88. The van der Waals surface area contributed by atoms with E-state index >= 15 is 0 Å². The molecule has 2 heterocycles. The summed E-state index contributed by atoms with van der Waals surface area (Å²) in [6, 6.07) is 5.54. The third-order valence-corrected chi connectivity index (χ3v) is 4.88. The van der Waals surface area contributed by atoms with Crippen LogP contribution in [0.3, 0.4) is 0 Å². The number of piperazine rings is 1. The number of aliphatic imine (C=N–C) groups is 1. The zero-order valence-electron chi connectivity index (χ0n) is 15.5. The first-order chi connectivity index (χ1) is 12.2. The normalized spacial score (nSPS) is 22.3. The van der Waals surface area contributed by atoms with Gasteiger partial charge in [-0.05, 0) is 33.9 Å². The van der Waals surface area contributed by atoms with Crippen molar-refractivity contribution in [2.45, 2.75) is 33.0 Å². The molecule has 26 heavy (non-hydrogen) atoms. The van der Waals surface area contributed by atoms with Crippen molar-refractivity contribution in [3.8, 4) is 0 Å². The molecule has 8 heteroatoms. The van der Waals surface area contributed by atoms with E-state index in [-0.39, 0.29) is 6.04 Å². The van der Waals surface area contributed by atoms with Crippen molar-refractivity contribution >= 4 is 17.4 Å². The average molecular weight is 367 g/mol. The monoisotopic (exact) mass is 367 g/mol. The summed E-state index contributed by atoms with van der Waals surface area (Å²) >= 11 is 0. The molecular weight excluding hydrogens is 343 g/mol. The molecule has 1 aromatic rings. The summed E-state index contributed by atoms with van der Waals surface area (Å²) in [5.41, 5.74) is 1.86. The SMILES string of the molecule is C/C(=N\N1C(N2CCN(C)CC2)=Nc2ccc(C)cc2C1C)C(F)(F)F. The minimum atomic E-state index is -4.46. The van der Waals surface area contributed by atoms with Gasteiger partial charge in [0.05, 0.1) is 11.7 Å². The van der Waals surface area contributed by atoms with E-state index < -0.39 is 11.9 Å². The molecule has 1 unspecified atom stereocenters. The number of hydrogen-bond acceptors (Lipinski definition) is 5. The maximum Gasteiger partial charge on any atom is 0.430 e. The second kappa shape index (κ2) is 6.90. The molecule has 2 aliphatic rings. The number of aryl methyl sites for hydroxylation is 1. The first-order valence-electron chi connectivity index (χ1n) is 8.71. The van der Waals surface area contributed by atoms with Crippen LogP contribution in [0.15, 0.2) is 28.3 Å². The Labute approximate surface area is 151 Å². The number of halogens is 3. The molecular formula is C18H24F3N5. The van der Waals surface area contributed by atoms with E-state index in [0.29, 0.717) is 19.0 Å². The number of alkyl halides is 3. The van der Waals surface area contributed by atoms with Crippen molar-refractivity contribution in [3.05, 3.63) is 29.3 Å². The first-order valence-corrected chi connectivity index (χ1v) is 8.71. The molecule has 0 saturated carbocycles.